The molecule has 0 spiro atoms. The van der Waals surface area contributed by atoms with E-state index in [2.05, 4.69) is 4.90 Å². The van der Waals surface area contributed by atoms with Crippen molar-refractivity contribution in [2.24, 2.45) is 0 Å². The second kappa shape index (κ2) is 9.43. The van der Waals surface area contributed by atoms with Crippen molar-refractivity contribution in [3.05, 3.63) is 70.8 Å². The minimum absolute atomic E-state index is 0.120. The van der Waals surface area contributed by atoms with Crippen LogP contribution in [0.3, 0.4) is 0 Å². The number of nitrogens with zero attached hydrogens (tertiary/aromatic N) is 4. The van der Waals surface area contributed by atoms with Crippen molar-refractivity contribution in [1.82, 2.24) is 13.8 Å². The van der Waals surface area contributed by atoms with Gasteiger partial charge in [0.1, 0.15) is 12.4 Å². The number of fused-ring (bicyclic) bond motifs is 1. The van der Waals surface area contributed by atoms with Crippen LogP contribution in [0.2, 0.25) is 0 Å². The quantitative estimate of drug-likeness (QED) is 0.539. The van der Waals surface area contributed by atoms with Crippen molar-refractivity contribution in [1.29, 1.82) is 0 Å². The molecule has 2 aliphatic rings. The number of sulfonamides is 1. The van der Waals surface area contributed by atoms with Crippen LogP contribution in [0, 0.1) is 5.82 Å². The maximum atomic E-state index is 13.2. The van der Waals surface area contributed by atoms with Crippen molar-refractivity contribution in [2.75, 3.05) is 44.2 Å². The highest BCUT2D eigenvalue weighted by atomic mass is 32.2. The molecule has 0 N–H and O–H groups in total. The van der Waals surface area contributed by atoms with Crippen LogP contribution in [-0.2, 0) is 21.4 Å². The summed E-state index contributed by atoms with van der Waals surface area (Å²) in [6, 6.07) is 13.9. The Labute approximate surface area is 203 Å². The molecule has 0 unspecified atom stereocenters. The molecule has 184 valence electrons. The van der Waals surface area contributed by atoms with E-state index in [4.69, 9.17) is 0 Å². The van der Waals surface area contributed by atoms with Gasteiger partial charge in [0.15, 0.2) is 0 Å². The molecule has 8 nitrogen and oxygen atoms in total. The van der Waals surface area contributed by atoms with Crippen LogP contribution in [0.25, 0.3) is 10.9 Å². The first-order valence-electron chi connectivity index (χ1n) is 11.7. The lowest BCUT2D eigenvalue weighted by Gasteiger charge is -2.36. The van der Waals surface area contributed by atoms with E-state index in [0.29, 0.717) is 50.2 Å². The van der Waals surface area contributed by atoms with Crippen molar-refractivity contribution < 1.29 is 17.6 Å². The summed E-state index contributed by atoms with van der Waals surface area (Å²) in [4.78, 5) is 29.7. The zero-order valence-electron chi connectivity index (χ0n) is 19.3. The van der Waals surface area contributed by atoms with Crippen molar-refractivity contribution >= 4 is 32.5 Å². The van der Waals surface area contributed by atoms with Gasteiger partial charge in [-0.2, -0.15) is 4.31 Å². The van der Waals surface area contributed by atoms with Crippen LogP contribution >= 0.6 is 0 Å². The number of carbonyl (C=O) groups excluding carboxylic acids is 1. The molecule has 10 heteroatoms. The van der Waals surface area contributed by atoms with Crippen molar-refractivity contribution in [2.45, 2.75) is 24.3 Å². The SMILES string of the molecule is O=C(Cn1c(=O)ccc2cc(S(=O)(=O)N3CCCC3)ccc21)N1CCN(c2ccc(F)cc2)CC1. The van der Waals surface area contributed by atoms with E-state index in [9.17, 15) is 22.4 Å². The van der Waals surface area contributed by atoms with E-state index in [0.717, 1.165) is 18.5 Å². The van der Waals surface area contributed by atoms with Crippen LogP contribution in [0.15, 0.2) is 64.3 Å². The standard InChI is InChI=1S/C25H27FN4O4S/c26-20-4-6-21(7-5-20)27-13-15-28(16-14-27)25(32)18-30-23-9-8-22(17-19(23)3-10-24(30)31)35(33,34)29-11-1-2-12-29/h3-10,17H,1-2,11-16,18H2. The molecule has 2 aromatic carbocycles. The summed E-state index contributed by atoms with van der Waals surface area (Å²) in [5.41, 5.74) is 1.12. The Morgan fingerprint density at radius 1 is 0.857 bits per heavy atom. The van der Waals surface area contributed by atoms with E-state index < -0.39 is 10.0 Å². The van der Waals surface area contributed by atoms with Gasteiger partial charge in [-0.25, -0.2) is 12.8 Å². The molecule has 1 aromatic heterocycles. The topological polar surface area (TPSA) is 82.9 Å². The number of amides is 1. The summed E-state index contributed by atoms with van der Waals surface area (Å²) in [6.07, 6.45) is 1.71. The van der Waals surface area contributed by atoms with Gasteiger partial charge in [0.25, 0.3) is 5.56 Å². The second-order valence-corrected chi connectivity index (χ2v) is 10.9. The molecule has 0 atom stereocenters. The Morgan fingerprint density at radius 3 is 2.23 bits per heavy atom. The Balaban J connectivity index is 1.32. The fourth-order valence-corrected chi connectivity index (χ4v) is 6.34. The number of piperazine rings is 1. The van der Waals surface area contributed by atoms with E-state index in [-0.39, 0.29) is 28.7 Å². The molecule has 0 radical (unpaired) electrons. The number of aromatic nitrogens is 1. The molecule has 35 heavy (non-hydrogen) atoms. The maximum Gasteiger partial charge on any atom is 0.251 e. The molecular formula is C25H27FN4O4S. The lowest BCUT2D eigenvalue weighted by Crippen LogP contribution is -2.50. The van der Waals surface area contributed by atoms with Gasteiger partial charge in [-0.1, -0.05) is 0 Å². The molecule has 0 saturated carbocycles. The second-order valence-electron chi connectivity index (χ2n) is 8.93. The van der Waals surface area contributed by atoms with Crippen LogP contribution < -0.4 is 10.5 Å². The molecule has 0 aliphatic carbocycles. The summed E-state index contributed by atoms with van der Waals surface area (Å²) in [6.45, 7) is 3.12. The summed E-state index contributed by atoms with van der Waals surface area (Å²) < 4.78 is 41.9. The molecule has 3 aromatic rings. The monoisotopic (exact) mass is 498 g/mol. The van der Waals surface area contributed by atoms with E-state index in [1.165, 1.54) is 33.1 Å². The summed E-state index contributed by atoms with van der Waals surface area (Å²) in [5.74, 6) is -0.462. The normalized spacial score (nSPS) is 17.3. The third-order valence-corrected chi connectivity index (χ3v) is 8.68. The zero-order chi connectivity index (χ0) is 24.6. The number of rotatable bonds is 5. The number of benzene rings is 2. The highest BCUT2D eigenvalue weighted by Gasteiger charge is 2.28. The van der Waals surface area contributed by atoms with Gasteiger partial charge >= 0.3 is 0 Å². The summed E-state index contributed by atoms with van der Waals surface area (Å²) in [7, 11) is -3.58. The molecule has 2 saturated heterocycles. The number of anilines is 1. The largest absolute Gasteiger partial charge is 0.368 e. The van der Waals surface area contributed by atoms with Crippen molar-refractivity contribution in [3.63, 3.8) is 0 Å². The highest BCUT2D eigenvalue weighted by molar-refractivity contribution is 7.89. The number of halogens is 1. The number of pyridine rings is 1. The lowest BCUT2D eigenvalue weighted by atomic mass is 10.2. The number of hydrogen-bond acceptors (Lipinski definition) is 5. The molecular weight excluding hydrogens is 471 g/mol. The first kappa shape index (κ1) is 23.5. The van der Waals surface area contributed by atoms with Crippen LogP contribution in [0.4, 0.5) is 10.1 Å². The fraction of sp³-hybridized carbons (Fsp3) is 0.360. The fourth-order valence-electron chi connectivity index (χ4n) is 4.78. The van der Waals surface area contributed by atoms with Crippen LogP contribution in [0.5, 0.6) is 0 Å². The smallest absolute Gasteiger partial charge is 0.251 e. The third kappa shape index (κ3) is 4.68. The lowest BCUT2D eigenvalue weighted by molar-refractivity contribution is -0.132. The minimum atomic E-state index is -3.58. The number of carbonyl (C=O) groups is 1. The zero-order valence-corrected chi connectivity index (χ0v) is 20.1. The molecule has 2 fully saturated rings. The Bertz CT molecular complexity index is 1410. The molecule has 0 bridgehead atoms. The van der Waals surface area contributed by atoms with Gasteiger partial charge in [0.05, 0.1) is 10.4 Å². The van der Waals surface area contributed by atoms with Crippen molar-refractivity contribution in [3.8, 4) is 0 Å². The van der Waals surface area contributed by atoms with E-state index in [1.54, 1.807) is 35.2 Å². The summed E-state index contributed by atoms with van der Waals surface area (Å²) >= 11 is 0. The van der Waals surface area contributed by atoms with Gasteiger partial charge in [-0.3, -0.25) is 14.2 Å². The van der Waals surface area contributed by atoms with Gasteiger partial charge in [-0.05, 0) is 66.8 Å². The molecule has 1 amide bonds. The Kier molecular flexibility index (Phi) is 6.33. The minimum Gasteiger partial charge on any atom is -0.368 e. The average Bonchev–Trinajstić information content (AvgIpc) is 3.42. The number of hydrogen-bond donors (Lipinski definition) is 0. The van der Waals surface area contributed by atoms with E-state index >= 15 is 0 Å². The maximum absolute atomic E-state index is 13.2. The first-order valence-corrected chi connectivity index (χ1v) is 13.2. The predicted octanol–water partition coefficient (Wildman–Crippen LogP) is 2.27. The molecule has 5 rings (SSSR count). The Morgan fingerprint density at radius 2 is 1.54 bits per heavy atom. The van der Waals surface area contributed by atoms with Crippen LogP contribution in [-0.4, -0.2) is 67.4 Å². The Hall–Kier alpha value is -3.24. The molecule has 2 aliphatic heterocycles. The highest BCUT2D eigenvalue weighted by Crippen LogP contribution is 2.24. The predicted molar refractivity (Wildman–Crippen MR) is 131 cm³/mol. The van der Waals surface area contributed by atoms with Crippen LogP contribution in [0.1, 0.15) is 12.8 Å². The van der Waals surface area contributed by atoms with E-state index in [1.807, 2.05) is 0 Å². The first-order chi connectivity index (χ1) is 16.8. The molecule has 3 heterocycles. The average molecular weight is 499 g/mol. The van der Waals surface area contributed by atoms with Gasteiger partial charge in [-0.15, -0.1) is 0 Å². The van der Waals surface area contributed by atoms with Gasteiger partial charge in [0.2, 0.25) is 15.9 Å². The third-order valence-electron chi connectivity index (χ3n) is 6.78. The summed E-state index contributed by atoms with van der Waals surface area (Å²) in [5, 5.41) is 0.596. The van der Waals surface area contributed by atoms with Gasteiger partial charge < -0.3 is 9.80 Å². The van der Waals surface area contributed by atoms with Gasteiger partial charge in [0, 0.05) is 51.0 Å².